The SMILES string of the molecule is O=C(CN1CCCCCC1=O)NNC(=S)NCCc1ccccc1. The summed E-state index contributed by atoms with van der Waals surface area (Å²) in [5, 5.41) is 3.40. The van der Waals surface area contributed by atoms with Gasteiger partial charge < -0.3 is 10.2 Å². The molecule has 130 valence electrons. The zero-order chi connectivity index (χ0) is 17.2. The van der Waals surface area contributed by atoms with E-state index in [1.165, 1.54) is 5.56 Å². The number of nitrogens with one attached hydrogen (secondary N) is 3. The summed E-state index contributed by atoms with van der Waals surface area (Å²) in [5.74, 6) is -0.219. The molecule has 7 heteroatoms. The molecule has 0 aliphatic carbocycles. The third kappa shape index (κ3) is 6.54. The summed E-state index contributed by atoms with van der Waals surface area (Å²) >= 11 is 5.12. The lowest BCUT2D eigenvalue weighted by Crippen LogP contribution is -2.50. The van der Waals surface area contributed by atoms with Crippen molar-refractivity contribution in [3.63, 3.8) is 0 Å². The van der Waals surface area contributed by atoms with E-state index in [0.29, 0.717) is 24.6 Å². The van der Waals surface area contributed by atoms with Gasteiger partial charge in [0.15, 0.2) is 5.11 Å². The Bertz CT molecular complexity index is 565. The van der Waals surface area contributed by atoms with Crippen LogP contribution in [0.15, 0.2) is 30.3 Å². The number of hydrogen-bond acceptors (Lipinski definition) is 3. The fourth-order valence-corrected chi connectivity index (χ4v) is 2.71. The topological polar surface area (TPSA) is 73.5 Å². The quantitative estimate of drug-likeness (QED) is 0.549. The van der Waals surface area contributed by atoms with E-state index in [4.69, 9.17) is 12.2 Å². The smallest absolute Gasteiger partial charge is 0.257 e. The average molecular weight is 348 g/mol. The molecular formula is C17H24N4O2S. The minimum atomic E-state index is -0.266. The van der Waals surface area contributed by atoms with Gasteiger partial charge >= 0.3 is 0 Å². The Balaban J connectivity index is 1.62. The van der Waals surface area contributed by atoms with E-state index in [-0.39, 0.29) is 18.4 Å². The first-order valence-electron chi connectivity index (χ1n) is 8.29. The van der Waals surface area contributed by atoms with Gasteiger partial charge in [-0.05, 0) is 37.0 Å². The maximum Gasteiger partial charge on any atom is 0.257 e. The Morgan fingerprint density at radius 2 is 1.92 bits per heavy atom. The molecule has 1 aromatic carbocycles. The molecule has 2 rings (SSSR count). The van der Waals surface area contributed by atoms with Crippen molar-refractivity contribution >= 4 is 29.1 Å². The third-order valence-electron chi connectivity index (χ3n) is 3.86. The van der Waals surface area contributed by atoms with Crippen molar-refractivity contribution in [2.24, 2.45) is 0 Å². The van der Waals surface area contributed by atoms with Gasteiger partial charge in [0.25, 0.3) is 5.91 Å². The summed E-state index contributed by atoms with van der Waals surface area (Å²) < 4.78 is 0. The maximum absolute atomic E-state index is 11.9. The Morgan fingerprint density at radius 3 is 2.71 bits per heavy atom. The molecule has 6 nitrogen and oxygen atoms in total. The summed E-state index contributed by atoms with van der Waals surface area (Å²) in [5.41, 5.74) is 6.42. The summed E-state index contributed by atoms with van der Waals surface area (Å²) in [7, 11) is 0. The number of hydrazine groups is 1. The highest BCUT2D eigenvalue weighted by atomic mass is 32.1. The van der Waals surface area contributed by atoms with Gasteiger partial charge in [-0.1, -0.05) is 36.8 Å². The van der Waals surface area contributed by atoms with Crippen molar-refractivity contribution in [1.29, 1.82) is 0 Å². The zero-order valence-corrected chi connectivity index (χ0v) is 14.5. The van der Waals surface area contributed by atoms with Gasteiger partial charge in [-0.2, -0.15) is 0 Å². The minimum Gasteiger partial charge on any atom is -0.361 e. The van der Waals surface area contributed by atoms with Gasteiger partial charge in [-0.25, -0.2) is 0 Å². The van der Waals surface area contributed by atoms with Crippen molar-refractivity contribution in [1.82, 2.24) is 21.1 Å². The van der Waals surface area contributed by atoms with Crippen molar-refractivity contribution in [3.05, 3.63) is 35.9 Å². The molecule has 1 saturated heterocycles. The van der Waals surface area contributed by atoms with E-state index >= 15 is 0 Å². The molecule has 1 aromatic rings. The normalized spacial score (nSPS) is 14.7. The number of thiocarbonyl (C=S) groups is 1. The van der Waals surface area contributed by atoms with Crippen molar-refractivity contribution in [3.8, 4) is 0 Å². The van der Waals surface area contributed by atoms with Gasteiger partial charge in [0, 0.05) is 19.5 Å². The molecule has 3 N–H and O–H groups in total. The Kier molecular flexibility index (Phi) is 7.48. The van der Waals surface area contributed by atoms with E-state index < -0.39 is 0 Å². The van der Waals surface area contributed by atoms with E-state index in [1.54, 1.807) is 4.90 Å². The van der Waals surface area contributed by atoms with Gasteiger partial charge in [0.2, 0.25) is 5.91 Å². The highest BCUT2D eigenvalue weighted by Crippen LogP contribution is 2.10. The summed E-state index contributed by atoms with van der Waals surface area (Å²) in [6.07, 6.45) is 4.27. The number of nitrogens with zero attached hydrogens (tertiary/aromatic N) is 1. The van der Waals surface area contributed by atoms with Crippen LogP contribution in [0, 0.1) is 0 Å². The fourth-order valence-electron chi connectivity index (χ4n) is 2.55. The van der Waals surface area contributed by atoms with Crippen LogP contribution in [0.25, 0.3) is 0 Å². The van der Waals surface area contributed by atoms with Crippen LogP contribution in [0.3, 0.4) is 0 Å². The van der Waals surface area contributed by atoms with Crippen molar-refractivity contribution < 1.29 is 9.59 Å². The maximum atomic E-state index is 11.9. The molecule has 1 fully saturated rings. The number of likely N-dealkylation sites (tertiary alicyclic amines) is 1. The molecule has 2 amide bonds. The van der Waals surface area contributed by atoms with Crippen LogP contribution < -0.4 is 16.2 Å². The molecule has 0 aromatic heterocycles. The second-order valence-electron chi connectivity index (χ2n) is 5.79. The second kappa shape index (κ2) is 9.87. The monoisotopic (exact) mass is 348 g/mol. The first-order chi connectivity index (χ1) is 11.6. The van der Waals surface area contributed by atoms with Crippen LogP contribution in [0.1, 0.15) is 31.2 Å². The second-order valence-corrected chi connectivity index (χ2v) is 6.20. The number of hydrogen-bond donors (Lipinski definition) is 3. The van der Waals surface area contributed by atoms with Crippen LogP contribution in [-0.2, 0) is 16.0 Å². The Morgan fingerprint density at radius 1 is 1.12 bits per heavy atom. The first kappa shape index (κ1) is 18.2. The van der Waals surface area contributed by atoms with Crippen LogP contribution in [0.2, 0.25) is 0 Å². The predicted molar refractivity (Wildman–Crippen MR) is 97.1 cm³/mol. The fraction of sp³-hybridized carbons (Fsp3) is 0.471. The molecule has 1 aliphatic rings. The number of carbonyl (C=O) groups excluding carboxylic acids is 2. The van der Waals surface area contributed by atoms with E-state index in [9.17, 15) is 9.59 Å². The summed E-state index contributed by atoms with van der Waals surface area (Å²) in [6.45, 7) is 1.39. The number of carbonyl (C=O) groups is 2. The van der Waals surface area contributed by atoms with Crippen molar-refractivity contribution in [2.45, 2.75) is 32.1 Å². The minimum absolute atomic E-state index is 0.0474. The summed E-state index contributed by atoms with van der Waals surface area (Å²) in [6, 6.07) is 10.1. The van der Waals surface area contributed by atoms with Crippen LogP contribution >= 0.6 is 12.2 Å². The average Bonchev–Trinajstić information content (AvgIpc) is 2.79. The van der Waals surface area contributed by atoms with Crippen molar-refractivity contribution in [2.75, 3.05) is 19.6 Å². The number of benzene rings is 1. The molecule has 0 radical (unpaired) electrons. The molecule has 0 bridgehead atoms. The third-order valence-corrected chi connectivity index (χ3v) is 4.11. The number of amides is 2. The number of rotatable bonds is 5. The van der Waals surface area contributed by atoms with E-state index in [0.717, 1.165) is 25.7 Å². The van der Waals surface area contributed by atoms with Gasteiger partial charge in [-0.15, -0.1) is 0 Å². The highest BCUT2D eigenvalue weighted by molar-refractivity contribution is 7.80. The molecular weight excluding hydrogens is 324 g/mol. The van der Waals surface area contributed by atoms with Gasteiger partial charge in [0.05, 0.1) is 0 Å². The molecule has 0 spiro atoms. The van der Waals surface area contributed by atoms with E-state index in [1.807, 2.05) is 18.2 Å². The lowest BCUT2D eigenvalue weighted by Gasteiger charge is -2.20. The molecule has 1 aliphatic heterocycles. The van der Waals surface area contributed by atoms with Crippen LogP contribution in [-0.4, -0.2) is 41.5 Å². The summed E-state index contributed by atoms with van der Waals surface area (Å²) in [4.78, 5) is 25.4. The van der Waals surface area contributed by atoms with Crippen LogP contribution in [0.4, 0.5) is 0 Å². The molecule has 0 saturated carbocycles. The zero-order valence-electron chi connectivity index (χ0n) is 13.7. The largest absolute Gasteiger partial charge is 0.361 e. The van der Waals surface area contributed by atoms with Gasteiger partial charge in [0.1, 0.15) is 6.54 Å². The van der Waals surface area contributed by atoms with Gasteiger partial charge in [-0.3, -0.25) is 20.4 Å². The first-order valence-corrected chi connectivity index (χ1v) is 8.70. The predicted octanol–water partition coefficient (Wildman–Crippen LogP) is 1.13. The Labute approximate surface area is 148 Å². The molecule has 0 atom stereocenters. The van der Waals surface area contributed by atoms with E-state index in [2.05, 4.69) is 28.3 Å². The molecule has 24 heavy (non-hydrogen) atoms. The van der Waals surface area contributed by atoms with Crippen LogP contribution in [0.5, 0.6) is 0 Å². The highest BCUT2D eigenvalue weighted by Gasteiger charge is 2.19. The molecule has 1 heterocycles. The molecule has 0 unspecified atom stereocenters. The Hall–Kier alpha value is -2.15. The standard InChI is InChI=1S/C17H24N4O2S/c22-15(13-21-12-6-2-5-9-16(21)23)19-20-17(24)18-11-10-14-7-3-1-4-8-14/h1,3-4,7-8H,2,5-6,9-13H2,(H,19,22)(H2,18,20,24). The lowest BCUT2D eigenvalue weighted by molar-refractivity contribution is -0.135. The lowest BCUT2D eigenvalue weighted by atomic mass is 10.1.